The highest BCUT2D eigenvalue weighted by atomic mass is 19.1. The molecule has 1 aliphatic rings. The maximum atomic E-state index is 12.9. The summed E-state index contributed by atoms with van der Waals surface area (Å²) in [4.78, 5) is 12.2. The van der Waals surface area contributed by atoms with Gasteiger partial charge in [0.15, 0.2) is 0 Å². The summed E-state index contributed by atoms with van der Waals surface area (Å²) in [6.45, 7) is 3.86. The summed E-state index contributed by atoms with van der Waals surface area (Å²) in [6.07, 6.45) is 5.87. The van der Waals surface area contributed by atoms with E-state index in [0.717, 1.165) is 18.4 Å². The summed E-state index contributed by atoms with van der Waals surface area (Å²) < 4.78 is 12.9. The molecule has 0 aliphatic heterocycles. The third-order valence-electron chi connectivity index (χ3n) is 4.21. The van der Waals surface area contributed by atoms with E-state index in [2.05, 4.69) is 10.6 Å². The van der Waals surface area contributed by atoms with Gasteiger partial charge < -0.3 is 5.32 Å². The maximum Gasteiger partial charge on any atom is 0.237 e. The summed E-state index contributed by atoms with van der Waals surface area (Å²) in [7, 11) is 0. The van der Waals surface area contributed by atoms with Crippen molar-refractivity contribution in [2.75, 3.05) is 0 Å². The van der Waals surface area contributed by atoms with Gasteiger partial charge in [0.25, 0.3) is 0 Å². The van der Waals surface area contributed by atoms with E-state index in [0.29, 0.717) is 6.04 Å². The Morgan fingerprint density at radius 1 is 1.14 bits per heavy atom. The van der Waals surface area contributed by atoms with Crippen molar-refractivity contribution in [3.63, 3.8) is 0 Å². The van der Waals surface area contributed by atoms with Gasteiger partial charge in [-0.15, -0.1) is 0 Å². The molecule has 0 spiro atoms. The average molecular weight is 292 g/mol. The van der Waals surface area contributed by atoms with E-state index in [1.807, 2.05) is 13.8 Å². The number of amides is 1. The molecule has 21 heavy (non-hydrogen) atoms. The molecule has 1 fully saturated rings. The monoisotopic (exact) mass is 292 g/mol. The highest BCUT2D eigenvalue weighted by Gasteiger charge is 2.20. The Kier molecular flexibility index (Phi) is 5.74. The number of nitrogens with one attached hydrogen (secondary N) is 2. The first kappa shape index (κ1) is 16.0. The minimum absolute atomic E-state index is 0.0118. The number of hydrogen-bond acceptors (Lipinski definition) is 2. The first-order chi connectivity index (χ1) is 10.1. The lowest BCUT2D eigenvalue weighted by molar-refractivity contribution is -0.123. The van der Waals surface area contributed by atoms with Gasteiger partial charge in [-0.2, -0.15) is 0 Å². The second-order valence-corrected chi connectivity index (χ2v) is 6.01. The fourth-order valence-electron chi connectivity index (χ4n) is 2.87. The van der Waals surface area contributed by atoms with Crippen LogP contribution in [-0.4, -0.2) is 18.0 Å². The number of halogens is 1. The average Bonchev–Trinajstić information content (AvgIpc) is 2.48. The topological polar surface area (TPSA) is 41.1 Å². The Bertz CT molecular complexity index is 454. The van der Waals surface area contributed by atoms with Crippen LogP contribution in [0, 0.1) is 5.82 Å². The van der Waals surface area contributed by atoms with Crippen LogP contribution in [0.4, 0.5) is 4.39 Å². The van der Waals surface area contributed by atoms with Crippen LogP contribution < -0.4 is 10.6 Å². The van der Waals surface area contributed by atoms with Crippen molar-refractivity contribution >= 4 is 5.91 Å². The van der Waals surface area contributed by atoms with Gasteiger partial charge in [0.1, 0.15) is 5.82 Å². The normalized spacial score (nSPS) is 19.0. The molecule has 4 heteroatoms. The molecule has 1 amide bonds. The molecule has 1 unspecified atom stereocenters. The number of rotatable bonds is 5. The SMILES string of the molecule is CC(N[C@H](C)c1ccc(F)cc1)C(=O)NC1CCCCC1. The Morgan fingerprint density at radius 3 is 2.38 bits per heavy atom. The lowest BCUT2D eigenvalue weighted by atomic mass is 9.95. The van der Waals surface area contributed by atoms with Crippen molar-refractivity contribution in [1.29, 1.82) is 0 Å². The molecule has 0 saturated heterocycles. The molecule has 3 nitrogen and oxygen atoms in total. The zero-order valence-electron chi connectivity index (χ0n) is 12.9. The number of carbonyl (C=O) groups excluding carboxylic acids is 1. The van der Waals surface area contributed by atoms with E-state index < -0.39 is 0 Å². The smallest absolute Gasteiger partial charge is 0.237 e. The molecular formula is C17H25FN2O. The van der Waals surface area contributed by atoms with Gasteiger partial charge in [-0.1, -0.05) is 31.4 Å². The quantitative estimate of drug-likeness (QED) is 0.874. The Labute approximate surface area is 126 Å². The van der Waals surface area contributed by atoms with Crippen molar-refractivity contribution in [2.45, 2.75) is 64.1 Å². The van der Waals surface area contributed by atoms with Crippen LogP contribution >= 0.6 is 0 Å². The molecule has 1 saturated carbocycles. The van der Waals surface area contributed by atoms with Crippen molar-refractivity contribution in [2.24, 2.45) is 0 Å². The van der Waals surface area contributed by atoms with Crippen molar-refractivity contribution in [3.05, 3.63) is 35.6 Å². The Morgan fingerprint density at radius 2 is 1.76 bits per heavy atom. The predicted octanol–water partition coefficient (Wildman–Crippen LogP) is 3.31. The van der Waals surface area contributed by atoms with E-state index in [9.17, 15) is 9.18 Å². The molecule has 0 aromatic heterocycles. The number of carbonyl (C=O) groups is 1. The predicted molar refractivity (Wildman–Crippen MR) is 82.4 cm³/mol. The Hall–Kier alpha value is -1.42. The molecule has 1 aromatic rings. The summed E-state index contributed by atoms with van der Waals surface area (Å²) in [5, 5.41) is 6.39. The van der Waals surface area contributed by atoms with Crippen LogP contribution in [0.5, 0.6) is 0 Å². The van der Waals surface area contributed by atoms with Gasteiger partial charge >= 0.3 is 0 Å². The molecule has 2 rings (SSSR count). The van der Waals surface area contributed by atoms with Crippen LogP contribution in [0.1, 0.15) is 57.6 Å². The van der Waals surface area contributed by atoms with Crippen LogP contribution in [-0.2, 0) is 4.79 Å². The molecule has 0 heterocycles. The zero-order chi connectivity index (χ0) is 15.2. The van der Waals surface area contributed by atoms with E-state index in [1.165, 1.54) is 31.4 Å². The van der Waals surface area contributed by atoms with Gasteiger partial charge in [-0.05, 0) is 44.4 Å². The third kappa shape index (κ3) is 4.81. The molecule has 0 bridgehead atoms. The minimum atomic E-state index is -0.257. The number of hydrogen-bond donors (Lipinski definition) is 2. The lowest BCUT2D eigenvalue weighted by Crippen LogP contribution is -2.47. The molecule has 0 radical (unpaired) electrons. The molecule has 1 aromatic carbocycles. The zero-order valence-corrected chi connectivity index (χ0v) is 12.9. The third-order valence-corrected chi connectivity index (χ3v) is 4.21. The van der Waals surface area contributed by atoms with E-state index in [-0.39, 0.29) is 23.8 Å². The van der Waals surface area contributed by atoms with Crippen molar-refractivity contribution < 1.29 is 9.18 Å². The second kappa shape index (κ2) is 7.55. The maximum absolute atomic E-state index is 12.9. The second-order valence-electron chi connectivity index (χ2n) is 6.01. The first-order valence-corrected chi connectivity index (χ1v) is 7.88. The highest BCUT2D eigenvalue weighted by Crippen LogP contribution is 2.18. The summed E-state index contributed by atoms with van der Waals surface area (Å²) in [6, 6.07) is 6.47. The molecule has 2 N–H and O–H groups in total. The molecular weight excluding hydrogens is 267 g/mol. The van der Waals surface area contributed by atoms with Crippen LogP contribution in [0.15, 0.2) is 24.3 Å². The lowest BCUT2D eigenvalue weighted by Gasteiger charge is -2.26. The summed E-state index contributed by atoms with van der Waals surface area (Å²) in [5.74, 6) is -0.190. The first-order valence-electron chi connectivity index (χ1n) is 7.88. The standard InChI is InChI=1S/C17H25FN2O/c1-12(14-8-10-15(18)11-9-14)19-13(2)17(21)20-16-6-4-3-5-7-16/h8-13,16,19H,3-7H2,1-2H3,(H,20,21)/t12-,13?/m1/s1. The van der Waals surface area contributed by atoms with Crippen molar-refractivity contribution in [3.8, 4) is 0 Å². The van der Waals surface area contributed by atoms with E-state index >= 15 is 0 Å². The van der Waals surface area contributed by atoms with Crippen LogP contribution in [0.25, 0.3) is 0 Å². The van der Waals surface area contributed by atoms with Crippen molar-refractivity contribution in [1.82, 2.24) is 10.6 Å². The molecule has 2 atom stereocenters. The molecule has 1 aliphatic carbocycles. The number of benzene rings is 1. The van der Waals surface area contributed by atoms with Gasteiger partial charge in [0, 0.05) is 12.1 Å². The van der Waals surface area contributed by atoms with E-state index in [1.54, 1.807) is 12.1 Å². The Balaban J connectivity index is 1.83. The fourth-order valence-corrected chi connectivity index (χ4v) is 2.87. The fraction of sp³-hybridized carbons (Fsp3) is 0.588. The summed E-state index contributed by atoms with van der Waals surface area (Å²) >= 11 is 0. The van der Waals surface area contributed by atoms with Gasteiger partial charge in [0.05, 0.1) is 6.04 Å². The largest absolute Gasteiger partial charge is 0.352 e. The van der Waals surface area contributed by atoms with Gasteiger partial charge in [0.2, 0.25) is 5.91 Å². The summed E-state index contributed by atoms with van der Waals surface area (Å²) in [5.41, 5.74) is 0.980. The minimum Gasteiger partial charge on any atom is -0.352 e. The van der Waals surface area contributed by atoms with Gasteiger partial charge in [-0.3, -0.25) is 10.1 Å². The van der Waals surface area contributed by atoms with Gasteiger partial charge in [-0.25, -0.2) is 4.39 Å². The van der Waals surface area contributed by atoms with Crippen LogP contribution in [0.3, 0.4) is 0 Å². The van der Waals surface area contributed by atoms with Crippen LogP contribution in [0.2, 0.25) is 0 Å². The molecule has 116 valence electrons. The van der Waals surface area contributed by atoms with E-state index in [4.69, 9.17) is 0 Å². The highest BCUT2D eigenvalue weighted by molar-refractivity contribution is 5.81.